The summed E-state index contributed by atoms with van der Waals surface area (Å²) in [7, 11) is 0. The Morgan fingerprint density at radius 2 is 1.76 bits per heavy atom. The maximum Gasteiger partial charge on any atom is 0.417 e. The zero-order chi connectivity index (χ0) is 35.4. The quantitative estimate of drug-likeness (QED) is 0.142. The number of carbonyl (C=O) groups excluding carboxylic acids is 2. The number of rotatable bonds is 11. The molecule has 7 atom stereocenters. The third kappa shape index (κ3) is 6.06. The molecule has 1 saturated heterocycles. The molecule has 8 rings (SSSR count). The summed E-state index contributed by atoms with van der Waals surface area (Å²) >= 11 is 0. The predicted octanol–water partition coefficient (Wildman–Crippen LogP) is 7.08. The van der Waals surface area contributed by atoms with Crippen LogP contribution in [0.2, 0.25) is 0 Å². The normalized spacial score (nSPS) is 27.9. The first-order chi connectivity index (χ1) is 24.7. The molecule has 3 N–H and O–H groups in total. The minimum atomic E-state index is -1.07. The zero-order valence-electron chi connectivity index (χ0n) is 29.2. The number of esters is 1. The fraction of sp³-hybridized carbons (Fsp3) is 0.488. The van der Waals surface area contributed by atoms with Crippen LogP contribution in [0.25, 0.3) is 0 Å². The number of nitrogens with zero attached hydrogens (tertiary/aromatic N) is 1. The van der Waals surface area contributed by atoms with Crippen molar-refractivity contribution in [1.29, 1.82) is 0 Å². The lowest BCUT2D eigenvalue weighted by atomic mass is 9.47. The lowest BCUT2D eigenvalue weighted by Crippen LogP contribution is -2.67. The SMILES string of the molecule is CCCC[C@@H](O)[C@@H]1CC2[C@@H]3Cc4ccc(OC(=O)Nc5ccc(C(=O)Oc6ccc(C(=O)O)cc6)cc5)c5c4[C@]2(CCN3CC2CC2)[C@H](O5)C1C. The van der Waals surface area contributed by atoms with Crippen molar-refractivity contribution < 1.29 is 38.8 Å². The number of amides is 1. The molecule has 0 aromatic heterocycles. The molecule has 2 saturated carbocycles. The lowest BCUT2D eigenvalue weighted by molar-refractivity contribution is -0.117. The Labute approximate surface area is 298 Å². The molecule has 0 radical (unpaired) electrons. The summed E-state index contributed by atoms with van der Waals surface area (Å²) in [5, 5.41) is 23.3. The monoisotopic (exact) mass is 694 g/mol. The average Bonchev–Trinajstić information content (AvgIpc) is 3.87. The van der Waals surface area contributed by atoms with E-state index in [1.807, 2.05) is 6.07 Å². The molecule has 1 amide bonds. The number of unbranched alkanes of at least 4 members (excludes halogenated alkanes) is 1. The molecular formula is C41H46N2O8. The van der Waals surface area contributed by atoms with Gasteiger partial charge in [-0.3, -0.25) is 10.2 Å². The predicted molar refractivity (Wildman–Crippen MR) is 190 cm³/mol. The number of aliphatic hydroxyl groups is 1. The van der Waals surface area contributed by atoms with Crippen molar-refractivity contribution in [3.05, 3.63) is 82.9 Å². The van der Waals surface area contributed by atoms with Gasteiger partial charge in [0.1, 0.15) is 11.9 Å². The third-order valence-corrected chi connectivity index (χ3v) is 12.4. The summed E-state index contributed by atoms with van der Waals surface area (Å²) < 4.78 is 18.3. The van der Waals surface area contributed by atoms with E-state index in [4.69, 9.17) is 19.3 Å². The standard InChI is InChI=1S/C41H46N2O8/c1-3-4-5-33(44)30-21-31-32-20-27-12-17-34(36-35(27)41(31,37(51-36)23(30)2)18-19-43(32)22-24-6-7-24)50-40(48)42-28-13-8-26(9-14-28)39(47)49-29-15-10-25(11-16-29)38(45)46/h8-17,23-24,30-33,37,44H,3-7,18-22H2,1-2H3,(H,42,48)(H,45,46)/t23?,30-,31?,32+,33-,37-,41-/m1/s1. The van der Waals surface area contributed by atoms with E-state index < -0.39 is 18.0 Å². The first kappa shape index (κ1) is 33.7. The molecule has 3 fully saturated rings. The first-order valence-electron chi connectivity index (χ1n) is 18.6. The molecule has 2 unspecified atom stereocenters. The minimum Gasteiger partial charge on any atom is -0.485 e. The van der Waals surface area contributed by atoms with Gasteiger partial charge in [0.15, 0.2) is 11.5 Å². The molecule has 268 valence electrons. The van der Waals surface area contributed by atoms with Crippen LogP contribution in [-0.4, -0.2) is 64.5 Å². The van der Waals surface area contributed by atoms with E-state index in [0.717, 1.165) is 57.5 Å². The van der Waals surface area contributed by atoms with Crippen LogP contribution in [0, 0.1) is 23.7 Å². The van der Waals surface area contributed by atoms with Gasteiger partial charge in [-0.2, -0.15) is 0 Å². The molecule has 2 aliphatic heterocycles. The number of aromatic carboxylic acids is 1. The fourth-order valence-corrected chi connectivity index (χ4v) is 9.73. The number of aliphatic hydroxyl groups excluding tert-OH is 1. The number of likely N-dealkylation sites (tertiary alicyclic amines) is 1. The molecular weight excluding hydrogens is 648 g/mol. The van der Waals surface area contributed by atoms with Crippen LogP contribution in [0.1, 0.15) is 90.6 Å². The number of hydrogen-bond donors (Lipinski definition) is 3. The van der Waals surface area contributed by atoms with Crippen LogP contribution in [0.3, 0.4) is 0 Å². The lowest BCUT2D eigenvalue weighted by Gasteiger charge is -2.61. The Hall–Kier alpha value is -4.41. The number of ether oxygens (including phenoxy) is 3. The van der Waals surface area contributed by atoms with Crippen molar-refractivity contribution in [3.8, 4) is 17.2 Å². The van der Waals surface area contributed by atoms with Gasteiger partial charge in [0.25, 0.3) is 0 Å². The molecule has 10 nitrogen and oxygen atoms in total. The minimum absolute atomic E-state index is 0.0904. The van der Waals surface area contributed by atoms with Gasteiger partial charge >= 0.3 is 18.0 Å². The number of benzene rings is 3. The van der Waals surface area contributed by atoms with Gasteiger partial charge in [0.2, 0.25) is 0 Å². The van der Waals surface area contributed by atoms with Gasteiger partial charge in [-0.1, -0.05) is 32.8 Å². The third-order valence-electron chi connectivity index (χ3n) is 12.4. The Morgan fingerprint density at radius 3 is 2.47 bits per heavy atom. The number of piperidine rings is 1. The highest BCUT2D eigenvalue weighted by atomic mass is 16.6. The van der Waals surface area contributed by atoms with Crippen LogP contribution < -0.4 is 19.5 Å². The summed E-state index contributed by atoms with van der Waals surface area (Å²) in [4.78, 5) is 39.8. The number of hydrogen-bond acceptors (Lipinski definition) is 8. The van der Waals surface area contributed by atoms with Gasteiger partial charge in [0, 0.05) is 29.3 Å². The number of anilines is 1. The topological polar surface area (TPSA) is 135 Å². The average molecular weight is 695 g/mol. The maximum atomic E-state index is 13.3. The summed E-state index contributed by atoms with van der Waals surface area (Å²) in [6.45, 7) is 6.62. The second kappa shape index (κ2) is 13.3. The van der Waals surface area contributed by atoms with Crippen molar-refractivity contribution in [2.24, 2.45) is 23.7 Å². The largest absolute Gasteiger partial charge is 0.485 e. The van der Waals surface area contributed by atoms with Crippen molar-refractivity contribution in [1.82, 2.24) is 4.90 Å². The Morgan fingerprint density at radius 1 is 1.02 bits per heavy atom. The number of carbonyl (C=O) groups is 3. The van der Waals surface area contributed by atoms with E-state index in [9.17, 15) is 19.5 Å². The van der Waals surface area contributed by atoms with E-state index in [2.05, 4.69) is 30.1 Å². The van der Waals surface area contributed by atoms with Crippen molar-refractivity contribution >= 4 is 23.7 Å². The molecule has 3 aromatic rings. The Kier molecular flexibility index (Phi) is 8.79. The van der Waals surface area contributed by atoms with Crippen LogP contribution in [0.15, 0.2) is 60.7 Å². The van der Waals surface area contributed by atoms with E-state index >= 15 is 0 Å². The van der Waals surface area contributed by atoms with Gasteiger partial charge in [-0.15, -0.1) is 0 Å². The van der Waals surface area contributed by atoms with Gasteiger partial charge in [0.05, 0.1) is 17.2 Å². The summed E-state index contributed by atoms with van der Waals surface area (Å²) in [5.74, 6) is 1.11. The van der Waals surface area contributed by atoms with Gasteiger partial charge < -0.3 is 24.4 Å². The molecule has 2 bridgehead atoms. The van der Waals surface area contributed by atoms with Crippen LogP contribution in [-0.2, 0) is 11.8 Å². The summed E-state index contributed by atoms with van der Waals surface area (Å²) in [6, 6.07) is 16.2. The van der Waals surface area contributed by atoms with Gasteiger partial charge in [-0.25, -0.2) is 14.4 Å². The van der Waals surface area contributed by atoms with Gasteiger partial charge in [-0.05, 0) is 129 Å². The van der Waals surface area contributed by atoms with E-state index in [-0.39, 0.29) is 46.3 Å². The first-order valence-corrected chi connectivity index (χ1v) is 18.6. The highest BCUT2D eigenvalue weighted by Crippen LogP contribution is 2.66. The number of nitrogens with one attached hydrogen (secondary N) is 1. The Bertz CT molecular complexity index is 1820. The number of carboxylic acids is 1. The smallest absolute Gasteiger partial charge is 0.417 e. The highest BCUT2D eigenvalue weighted by molar-refractivity contribution is 5.93. The Balaban J connectivity index is 1.00. The molecule has 1 spiro atoms. The van der Waals surface area contributed by atoms with Crippen molar-refractivity contribution in [2.75, 3.05) is 18.4 Å². The van der Waals surface area contributed by atoms with Crippen molar-refractivity contribution in [2.45, 2.75) is 88.9 Å². The fourth-order valence-electron chi connectivity index (χ4n) is 9.73. The second-order valence-electron chi connectivity index (χ2n) is 15.4. The molecule has 10 heteroatoms. The molecule has 3 aliphatic carbocycles. The zero-order valence-corrected chi connectivity index (χ0v) is 29.2. The number of carboxylic acid groups (broad SMARTS) is 1. The van der Waals surface area contributed by atoms with Crippen LogP contribution in [0.5, 0.6) is 17.2 Å². The summed E-state index contributed by atoms with van der Waals surface area (Å²) in [6.07, 6.45) is 7.36. The van der Waals surface area contributed by atoms with Crippen LogP contribution in [0.4, 0.5) is 10.5 Å². The highest BCUT2D eigenvalue weighted by Gasteiger charge is 2.67. The van der Waals surface area contributed by atoms with E-state index in [0.29, 0.717) is 29.1 Å². The summed E-state index contributed by atoms with van der Waals surface area (Å²) in [5.41, 5.74) is 3.14. The molecule has 51 heavy (non-hydrogen) atoms. The molecule has 3 aromatic carbocycles. The second-order valence-corrected chi connectivity index (χ2v) is 15.4. The van der Waals surface area contributed by atoms with Crippen molar-refractivity contribution in [3.63, 3.8) is 0 Å². The molecule has 5 aliphatic rings. The molecule has 2 heterocycles. The maximum absolute atomic E-state index is 13.3. The van der Waals surface area contributed by atoms with E-state index in [1.165, 1.54) is 60.4 Å². The van der Waals surface area contributed by atoms with E-state index in [1.54, 1.807) is 12.1 Å². The van der Waals surface area contributed by atoms with Crippen LogP contribution >= 0.6 is 0 Å².